The predicted molar refractivity (Wildman–Crippen MR) is 144 cm³/mol. The summed E-state index contributed by atoms with van der Waals surface area (Å²) in [4.78, 5) is 19.5. The van der Waals surface area contributed by atoms with Gasteiger partial charge >= 0.3 is 0 Å². The molecule has 4 nitrogen and oxygen atoms in total. The van der Waals surface area contributed by atoms with Crippen molar-refractivity contribution in [1.82, 2.24) is 10.3 Å². The fraction of sp³-hybridized carbons (Fsp3) is 0.226. The van der Waals surface area contributed by atoms with Gasteiger partial charge in [0.1, 0.15) is 5.82 Å². The fourth-order valence-electron chi connectivity index (χ4n) is 4.32. The molecule has 0 aliphatic carbocycles. The Bertz CT molecular complexity index is 1230. The van der Waals surface area contributed by atoms with Crippen LogP contribution in [0.25, 0.3) is 5.57 Å². The zero-order valence-corrected chi connectivity index (χ0v) is 20.3. The van der Waals surface area contributed by atoms with Gasteiger partial charge in [-0.1, -0.05) is 67.8 Å². The number of hydrogen-bond acceptors (Lipinski definition) is 3. The second-order valence-corrected chi connectivity index (χ2v) is 9.03. The van der Waals surface area contributed by atoms with E-state index in [0.717, 1.165) is 42.4 Å². The van der Waals surface area contributed by atoms with Gasteiger partial charge in [0.2, 0.25) is 0 Å². The van der Waals surface area contributed by atoms with Crippen LogP contribution in [-0.4, -0.2) is 24.0 Å². The molecular formula is C31H32N3O. The fourth-order valence-corrected chi connectivity index (χ4v) is 4.32. The van der Waals surface area contributed by atoms with Crippen LogP contribution >= 0.6 is 0 Å². The van der Waals surface area contributed by atoms with Crippen LogP contribution in [0.15, 0.2) is 91.8 Å². The van der Waals surface area contributed by atoms with Crippen LogP contribution in [0.2, 0.25) is 0 Å². The predicted octanol–water partition coefficient (Wildman–Crippen LogP) is 5.95. The zero-order chi connectivity index (χ0) is 24.6. The van der Waals surface area contributed by atoms with Crippen molar-refractivity contribution in [3.8, 4) is 0 Å². The number of aromatic nitrogens is 1. The third-order valence-corrected chi connectivity index (χ3v) is 6.37. The Hall–Kier alpha value is -3.92. The number of allylic oxidation sites excluding steroid dienone is 2. The molecule has 0 unspecified atom stereocenters. The van der Waals surface area contributed by atoms with Crippen molar-refractivity contribution in [2.24, 2.45) is 0 Å². The highest BCUT2D eigenvalue weighted by atomic mass is 16.1. The normalized spacial score (nSPS) is 18.2. The second kappa shape index (κ2) is 11.5. The lowest BCUT2D eigenvalue weighted by Crippen LogP contribution is -2.35. The summed E-state index contributed by atoms with van der Waals surface area (Å²) in [5.41, 5.74) is 6.26. The molecule has 0 spiro atoms. The monoisotopic (exact) mass is 462 g/mol. The number of fused-ring (bicyclic) bond motifs is 10. The number of rotatable bonds is 1. The van der Waals surface area contributed by atoms with Crippen LogP contribution in [0.4, 0.5) is 5.82 Å². The first-order valence-corrected chi connectivity index (χ1v) is 12.1. The molecule has 35 heavy (non-hydrogen) atoms. The Kier molecular flexibility index (Phi) is 7.94. The van der Waals surface area contributed by atoms with Crippen molar-refractivity contribution < 1.29 is 4.79 Å². The number of amides is 1. The maximum Gasteiger partial charge on any atom is 0.255 e. The molecular weight excluding hydrogens is 430 g/mol. The van der Waals surface area contributed by atoms with Crippen molar-refractivity contribution in [2.75, 3.05) is 11.9 Å². The first kappa shape index (κ1) is 24.2. The maximum atomic E-state index is 13.2. The van der Waals surface area contributed by atoms with Gasteiger partial charge < -0.3 is 10.2 Å². The van der Waals surface area contributed by atoms with Crippen LogP contribution in [0.5, 0.6) is 0 Å². The van der Waals surface area contributed by atoms with Crippen LogP contribution in [0, 0.1) is 6.58 Å². The van der Waals surface area contributed by atoms with Gasteiger partial charge in [-0.05, 0) is 78.1 Å². The van der Waals surface area contributed by atoms with E-state index in [1.54, 1.807) is 24.4 Å². The number of nitrogens with one attached hydrogen (secondary N) is 1. The molecule has 177 valence electrons. The number of carbonyl (C=O) groups excluding carboxylic acids is 1. The maximum absolute atomic E-state index is 13.2. The Morgan fingerprint density at radius 1 is 1.03 bits per heavy atom. The first-order valence-electron chi connectivity index (χ1n) is 12.1. The highest BCUT2D eigenvalue weighted by Gasteiger charge is 2.17. The van der Waals surface area contributed by atoms with E-state index < -0.39 is 0 Å². The molecule has 3 heterocycles. The minimum Gasteiger partial charge on any atom is -0.345 e. The summed E-state index contributed by atoms with van der Waals surface area (Å²) in [5.74, 6) is 0.350. The van der Waals surface area contributed by atoms with Crippen molar-refractivity contribution >= 4 is 17.3 Å². The van der Waals surface area contributed by atoms with E-state index in [1.165, 1.54) is 11.1 Å². The van der Waals surface area contributed by atoms with E-state index in [2.05, 4.69) is 65.4 Å². The van der Waals surface area contributed by atoms with Crippen LogP contribution < -0.4 is 10.2 Å². The molecule has 3 aromatic rings. The van der Waals surface area contributed by atoms with Crippen molar-refractivity contribution in [3.63, 3.8) is 0 Å². The SMILES string of the molecule is [CH]=C[C@@H]1Cc2ccc(cc2)CCCCc2cccc(c2)C(=C)/C=C\N(C)c2ncccc2C(=O)N1. The Labute approximate surface area is 208 Å². The highest BCUT2D eigenvalue weighted by Crippen LogP contribution is 2.21. The Morgan fingerprint density at radius 2 is 1.77 bits per heavy atom. The lowest BCUT2D eigenvalue weighted by molar-refractivity contribution is 0.0944. The smallest absolute Gasteiger partial charge is 0.255 e. The van der Waals surface area contributed by atoms with Gasteiger partial charge in [-0.15, -0.1) is 0 Å². The first-order chi connectivity index (χ1) is 17.0. The molecule has 0 saturated heterocycles. The third-order valence-electron chi connectivity index (χ3n) is 6.37. The van der Waals surface area contributed by atoms with Gasteiger partial charge in [0.25, 0.3) is 5.91 Å². The molecule has 0 fully saturated rings. The average Bonchev–Trinajstić information content (AvgIpc) is 2.89. The number of aryl methyl sites for hydroxylation is 2. The molecule has 1 amide bonds. The van der Waals surface area contributed by atoms with E-state index in [1.807, 2.05) is 24.2 Å². The van der Waals surface area contributed by atoms with Crippen molar-refractivity contribution in [2.45, 2.75) is 38.1 Å². The van der Waals surface area contributed by atoms with E-state index in [4.69, 9.17) is 6.58 Å². The average molecular weight is 463 g/mol. The molecule has 1 N–H and O–H groups in total. The van der Waals surface area contributed by atoms with E-state index in [-0.39, 0.29) is 11.9 Å². The van der Waals surface area contributed by atoms with E-state index in [9.17, 15) is 4.79 Å². The summed E-state index contributed by atoms with van der Waals surface area (Å²) in [6, 6.07) is 20.4. The Balaban J connectivity index is 1.65. The highest BCUT2D eigenvalue weighted by molar-refractivity contribution is 5.99. The molecule has 4 bridgehead atoms. The van der Waals surface area contributed by atoms with E-state index in [0.29, 0.717) is 17.8 Å². The molecule has 2 aliphatic rings. The molecule has 1 atom stereocenters. The Morgan fingerprint density at radius 3 is 2.54 bits per heavy atom. The summed E-state index contributed by atoms with van der Waals surface area (Å²) in [6.07, 6.45) is 12.1. The van der Waals surface area contributed by atoms with Crippen LogP contribution in [0.3, 0.4) is 0 Å². The second-order valence-electron chi connectivity index (χ2n) is 9.03. The quantitative estimate of drug-likeness (QED) is 0.486. The van der Waals surface area contributed by atoms with Gasteiger partial charge in [0.15, 0.2) is 0 Å². The number of hydrogen-bond donors (Lipinski definition) is 1. The molecule has 2 aliphatic heterocycles. The summed E-state index contributed by atoms with van der Waals surface area (Å²) >= 11 is 0. The minimum atomic E-state index is -0.289. The standard InChI is InChI=1S/C31H32N3O/c1-4-28-22-26-16-14-24(15-17-26)9-5-6-10-25-11-7-12-27(21-25)23(2)18-20-34(3)30-29(31(35)33-28)13-8-19-32-30/h1,4,7-8,11-21,28H,2,5-6,9-10,22H2,3H3,(H,33,35)/b4-1?,20-18-/t28-/m1/s1. The molecule has 4 heteroatoms. The largest absolute Gasteiger partial charge is 0.345 e. The summed E-state index contributed by atoms with van der Waals surface area (Å²) in [5, 5.41) is 3.05. The van der Waals surface area contributed by atoms with Crippen LogP contribution in [0.1, 0.15) is 45.5 Å². The summed E-state index contributed by atoms with van der Waals surface area (Å²) < 4.78 is 0. The van der Waals surface area contributed by atoms with Gasteiger partial charge in [-0.2, -0.15) is 0 Å². The molecule has 2 aromatic carbocycles. The number of anilines is 1. The number of pyridine rings is 1. The van der Waals surface area contributed by atoms with Gasteiger partial charge in [0.05, 0.1) is 11.6 Å². The zero-order valence-electron chi connectivity index (χ0n) is 20.3. The minimum absolute atomic E-state index is 0.214. The number of benzene rings is 2. The lowest BCUT2D eigenvalue weighted by Gasteiger charge is -2.19. The topological polar surface area (TPSA) is 45.2 Å². The lowest BCUT2D eigenvalue weighted by atomic mass is 9.99. The van der Waals surface area contributed by atoms with Crippen LogP contribution in [-0.2, 0) is 19.3 Å². The van der Waals surface area contributed by atoms with Crippen molar-refractivity contribution in [1.29, 1.82) is 0 Å². The van der Waals surface area contributed by atoms with Gasteiger partial charge in [-0.3, -0.25) is 4.79 Å². The van der Waals surface area contributed by atoms with E-state index >= 15 is 0 Å². The molecule has 5 rings (SSSR count). The van der Waals surface area contributed by atoms with Gasteiger partial charge in [0, 0.05) is 19.4 Å². The number of carbonyl (C=O) groups is 1. The number of nitrogens with zero attached hydrogens (tertiary/aromatic N) is 2. The third kappa shape index (κ3) is 6.36. The van der Waals surface area contributed by atoms with Gasteiger partial charge in [-0.25, -0.2) is 4.98 Å². The molecule has 1 aromatic heterocycles. The summed E-state index contributed by atoms with van der Waals surface area (Å²) in [6.45, 7) is 10.2. The van der Waals surface area contributed by atoms with Crippen molar-refractivity contribution in [3.05, 3.63) is 126 Å². The molecule has 0 saturated carbocycles. The summed E-state index contributed by atoms with van der Waals surface area (Å²) in [7, 11) is 1.88. The molecule has 1 radical (unpaired) electrons.